The Bertz CT molecular complexity index is 178. The van der Waals surface area contributed by atoms with E-state index in [2.05, 4.69) is 0 Å². The molecule has 1 nitrogen and oxygen atoms in total. The number of rotatable bonds is 0. The predicted octanol–water partition coefficient (Wildman–Crippen LogP) is 2.03. The van der Waals surface area contributed by atoms with Gasteiger partial charge < -0.3 is 0 Å². The van der Waals surface area contributed by atoms with E-state index in [1.54, 1.807) is 0 Å². The molecular formula is C8H12F3N. The molecule has 2 aliphatic heterocycles. The number of nitrogens with zero attached hydrogens (tertiary/aromatic N) is 1. The van der Waals surface area contributed by atoms with E-state index in [1.807, 2.05) is 4.90 Å². The summed E-state index contributed by atoms with van der Waals surface area (Å²) in [4.78, 5) is 1.98. The highest BCUT2D eigenvalue weighted by Gasteiger charge is 2.51. The number of halogens is 3. The van der Waals surface area contributed by atoms with Crippen LogP contribution in [0.1, 0.15) is 19.3 Å². The first-order valence-corrected chi connectivity index (χ1v) is 4.40. The van der Waals surface area contributed by atoms with Gasteiger partial charge in [-0.05, 0) is 32.4 Å². The van der Waals surface area contributed by atoms with Crippen LogP contribution in [0.5, 0.6) is 0 Å². The number of hydrogen-bond acceptors (Lipinski definition) is 1. The van der Waals surface area contributed by atoms with E-state index in [1.165, 1.54) is 0 Å². The molecule has 0 radical (unpaired) electrons. The van der Waals surface area contributed by atoms with Crippen molar-refractivity contribution in [3.8, 4) is 0 Å². The molecule has 0 aliphatic carbocycles. The summed E-state index contributed by atoms with van der Waals surface area (Å²) in [6.45, 7) is 1.52. The zero-order chi connectivity index (χ0) is 8.77. The van der Waals surface area contributed by atoms with Gasteiger partial charge in [0.25, 0.3) is 0 Å². The van der Waals surface area contributed by atoms with Gasteiger partial charge in [0.2, 0.25) is 0 Å². The second-order valence-electron chi connectivity index (χ2n) is 3.68. The molecule has 0 aromatic carbocycles. The van der Waals surface area contributed by atoms with Crippen LogP contribution in [0.2, 0.25) is 0 Å². The second-order valence-corrected chi connectivity index (χ2v) is 3.68. The molecule has 0 saturated carbocycles. The molecule has 0 aromatic heterocycles. The van der Waals surface area contributed by atoms with Gasteiger partial charge in [-0.15, -0.1) is 0 Å². The molecule has 0 unspecified atom stereocenters. The highest BCUT2D eigenvalue weighted by molar-refractivity contribution is 4.94. The van der Waals surface area contributed by atoms with E-state index in [4.69, 9.17) is 0 Å². The Labute approximate surface area is 69.5 Å². The summed E-state index contributed by atoms with van der Waals surface area (Å²) < 4.78 is 37.1. The topological polar surface area (TPSA) is 3.24 Å². The molecular weight excluding hydrogens is 167 g/mol. The van der Waals surface area contributed by atoms with E-state index in [9.17, 15) is 13.2 Å². The van der Waals surface area contributed by atoms with E-state index < -0.39 is 12.1 Å². The van der Waals surface area contributed by atoms with Crippen LogP contribution in [0.15, 0.2) is 0 Å². The third-order valence-electron chi connectivity index (χ3n) is 3.03. The Hall–Kier alpha value is -0.250. The van der Waals surface area contributed by atoms with Crippen molar-refractivity contribution in [2.24, 2.45) is 5.92 Å². The minimum Gasteiger partial charge on any atom is -0.300 e. The molecule has 0 amide bonds. The fourth-order valence-electron chi connectivity index (χ4n) is 2.46. The lowest BCUT2D eigenvalue weighted by Gasteiger charge is -2.22. The van der Waals surface area contributed by atoms with Crippen molar-refractivity contribution in [1.29, 1.82) is 0 Å². The van der Waals surface area contributed by atoms with Gasteiger partial charge in [-0.1, -0.05) is 0 Å². The monoisotopic (exact) mass is 179 g/mol. The van der Waals surface area contributed by atoms with Crippen molar-refractivity contribution in [1.82, 2.24) is 4.90 Å². The average molecular weight is 179 g/mol. The maximum atomic E-state index is 12.4. The van der Waals surface area contributed by atoms with Gasteiger partial charge in [0.15, 0.2) is 0 Å². The Morgan fingerprint density at radius 1 is 1.08 bits per heavy atom. The van der Waals surface area contributed by atoms with Crippen LogP contribution < -0.4 is 0 Å². The number of alkyl halides is 3. The molecule has 2 saturated heterocycles. The Kier molecular flexibility index (Phi) is 1.82. The molecule has 12 heavy (non-hydrogen) atoms. The van der Waals surface area contributed by atoms with Gasteiger partial charge >= 0.3 is 6.18 Å². The standard InChI is InChI=1S/C8H12F3N/c9-8(10,11)6-3-5-12-4-1-2-7(6)12/h6-7H,1-5H2/t6-,7-/m0/s1. The quantitative estimate of drug-likeness (QED) is 0.550. The third kappa shape index (κ3) is 1.22. The maximum Gasteiger partial charge on any atom is 0.393 e. The minimum absolute atomic E-state index is 0.190. The zero-order valence-electron chi connectivity index (χ0n) is 6.77. The molecule has 4 heteroatoms. The van der Waals surface area contributed by atoms with Crippen LogP contribution >= 0.6 is 0 Å². The lowest BCUT2D eigenvalue weighted by Crippen LogP contribution is -2.34. The average Bonchev–Trinajstić information content (AvgIpc) is 2.37. The lowest BCUT2D eigenvalue weighted by molar-refractivity contribution is -0.178. The van der Waals surface area contributed by atoms with Crippen molar-refractivity contribution in [2.75, 3.05) is 13.1 Å². The predicted molar refractivity (Wildman–Crippen MR) is 38.8 cm³/mol. The fourth-order valence-corrected chi connectivity index (χ4v) is 2.46. The summed E-state index contributed by atoms with van der Waals surface area (Å²) in [5.41, 5.74) is 0. The molecule has 0 aromatic rings. The molecule has 70 valence electrons. The molecule has 0 spiro atoms. The Balaban J connectivity index is 2.09. The van der Waals surface area contributed by atoms with Gasteiger partial charge in [-0.2, -0.15) is 13.2 Å². The second kappa shape index (κ2) is 2.62. The van der Waals surface area contributed by atoms with Crippen molar-refractivity contribution >= 4 is 0 Å². The SMILES string of the molecule is FC(F)(F)[C@H]1CCN2CCC[C@@H]12. The van der Waals surface area contributed by atoms with Crippen LogP contribution in [-0.4, -0.2) is 30.2 Å². The summed E-state index contributed by atoms with van der Waals surface area (Å²) in [5, 5.41) is 0. The molecule has 2 aliphatic rings. The number of hydrogen-bond donors (Lipinski definition) is 0. The van der Waals surface area contributed by atoms with Gasteiger partial charge in [0.1, 0.15) is 0 Å². The first kappa shape index (κ1) is 8.35. The van der Waals surface area contributed by atoms with E-state index in [-0.39, 0.29) is 6.04 Å². The van der Waals surface area contributed by atoms with Gasteiger partial charge in [0.05, 0.1) is 5.92 Å². The van der Waals surface area contributed by atoms with Gasteiger partial charge in [-0.3, -0.25) is 4.90 Å². The van der Waals surface area contributed by atoms with Gasteiger partial charge in [-0.25, -0.2) is 0 Å². The highest BCUT2D eigenvalue weighted by atomic mass is 19.4. The van der Waals surface area contributed by atoms with Crippen molar-refractivity contribution in [2.45, 2.75) is 31.5 Å². The van der Waals surface area contributed by atoms with E-state index in [0.717, 1.165) is 19.4 Å². The van der Waals surface area contributed by atoms with Crippen LogP contribution in [0.25, 0.3) is 0 Å². The zero-order valence-corrected chi connectivity index (χ0v) is 6.77. The van der Waals surface area contributed by atoms with Crippen LogP contribution in [-0.2, 0) is 0 Å². The molecule has 0 N–H and O–H groups in total. The lowest BCUT2D eigenvalue weighted by atomic mass is 9.98. The third-order valence-corrected chi connectivity index (χ3v) is 3.03. The smallest absolute Gasteiger partial charge is 0.300 e. The van der Waals surface area contributed by atoms with Crippen LogP contribution in [0, 0.1) is 5.92 Å². The first-order valence-electron chi connectivity index (χ1n) is 4.40. The largest absolute Gasteiger partial charge is 0.393 e. The highest BCUT2D eigenvalue weighted by Crippen LogP contribution is 2.42. The molecule has 2 heterocycles. The van der Waals surface area contributed by atoms with E-state index in [0.29, 0.717) is 13.0 Å². The van der Waals surface area contributed by atoms with Gasteiger partial charge in [0, 0.05) is 6.04 Å². The minimum atomic E-state index is -3.97. The van der Waals surface area contributed by atoms with Crippen LogP contribution in [0.4, 0.5) is 13.2 Å². The normalized spacial score (nSPS) is 37.2. The Morgan fingerprint density at radius 2 is 1.83 bits per heavy atom. The summed E-state index contributed by atoms with van der Waals surface area (Å²) in [5.74, 6) is -1.04. The maximum absolute atomic E-state index is 12.4. The molecule has 0 bridgehead atoms. The number of fused-ring (bicyclic) bond motifs is 1. The summed E-state index contributed by atoms with van der Waals surface area (Å²) in [7, 11) is 0. The summed E-state index contributed by atoms with van der Waals surface area (Å²) in [6.07, 6.45) is -1.97. The summed E-state index contributed by atoms with van der Waals surface area (Å²) >= 11 is 0. The van der Waals surface area contributed by atoms with E-state index >= 15 is 0 Å². The van der Waals surface area contributed by atoms with Crippen molar-refractivity contribution in [3.63, 3.8) is 0 Å². The Morgan fingerprint density at radius 3 is 2.50 bits per heavy atom. The molecule has 2 fully saturated rings. The molecule has 2 atom stereocenters. The molecule has 2 rings (SSSR count). The summed E-state index contributed by atoms with van der Waals surface area (Å²) in [6, 6.07) is -0.190. The fraction of sp³-hybridized carbons (Fsp3) is 1.00. The van der Waals surface area contributed by atoms with Crippen molar-refractivity contribution < 1.29 is 13.2 Å². The van der Waals surface area contributed by atoms with Crippen LogP contribution in [0.3, 0.4) is 0 Å². The first-order chi connectivity index (χ1) is 5.59. The van der Waals surface area contributed by atoms with Crippen molar-refractivity contribution in [3.05, 3.63) is 0 Å².